The number of benzene rings is 1. The predicted octanol–water partition coefficient (Wildman–Crippen LogP) is 3.16. The fraction of sp³-hybridized carbons (Fsp3) is 0.167. The van der Waals surface area contributed by atoms with Gasteiger partial charge in [-0.05, 0) is 30.3 Å². The highest BCUT2D eigenvalue weighted by Crippen LogP contribution is 2.21. The van der Waals surface area contributed by atoms with Crippen LogP contribution in [0.25, 0.3) is 0 Å². The molecule has 5 heteroatoms. The maximum atomic E-state index is 11.9. The monoisotopic (exact) mass is 310 g/mol. The first-order chi connectivity index (χ1) is 8.16. The lowest BCUT2D eigenvalue weighted by Crippen LogP contribution is -2.08. The lowest BCUT2D eigenvalue weighted by molar-refractivity contribution is 0.101. The molecule has 2 aromatic rings. The van der Waals surface area contributed by atoms with Crippen LogP contribution in [0.5, 0.6) is 0 Å². The van der Waals surface area contributed by atoms with E-state index >= 15 is 0 Å². The fourth-order valence-corrected chi connectivity index (χ4v) is 2.44. The standard InChI is InChI=1S/C12H11BrN2OS/c1-15-11(6-7-14-15)12(16)8-17-10-4-2-9(13)3-5-10/h2-7H,8H2,1H3. The predicted molar refractivity (Wildman–Crippen MR) is 72.4 cm³/mol. The third-order valence-electron chi connectivity index (χ3n) is 2.29. The summed E-state index contributed by atoms with van der Waals surface area (Å²) in [6, 6.07) is 9.66. The van der Waals surface area contributed by atoms with Gasteiger partial charge in [0, 0.05) is 22.6 Å². The van der Waals surface area contributed by atoms with Gasteiger partial charge in [-0.3, -0.25) is 9.48 Å². The summed E-state index contributed by atoms with van der Waals surface area (Å²) < 4.78 is 2.64. The third kappa shape index (κ3) is 3.20. The van der Waals surface area contributed by atoms with E-state index in [1.54, 1.807) is 24.0 Å². The van der Waals surface area contributed by atoms with Crippen molar-refractivity contribution in [3.8, 4) is 0 Å². The summed E-state index contributed by atoms with van der Waals surface area (Å²) in [5, 5.41) is 3.98. The number of rotatable bonds is 4. The van der Waals surface area contributed by atoms with Crippen LogP contribution in [0.15, 0.2) is 45.9 Å². The van der Waals surface area contributed by atoms with Crippen LogP contribution in [-0.2, 0) is 7.05 Å². The van der Waals surface area contributed by atoms with Gasteiger partial charge in [0.05, 0.1) is 5.75 Å². The van der Waals surface area contributed by atoms with E-state index in [9.17, 15) is 4.79 Å². The second-order valence-corrected chi connectivity index (χ2v) is 5.47. The molecule has 2 rings (SSSR count). The van der Waals surface area contributed by atoms with Crippen LogP contribution in [-0.4, -0.2) is 21.3 Å². The molecular weight excluding hydrogens is 300 g/mol. The Morgan fingerprint density at radius 2 is 2.06 bits per heavy atom. The van der Waals surface area contributed by atoms with Crippen LogP contribution < -0.4 is 0 Å². The zero-order valence-corrected chi connectivity index (χ0v) is 11.7. The minimum Gasteiger partial charge on any atom is -0.292 e. The molecule has 0 atom stereocenters. The average molecular weight is 311 g/mol. The number of aromatic nitrogens is 2. The van der Waals surface area contributed by atoms with Gasteiger partial charge in [-0.2, -0.15) is 5.10 Å². The molecule has 1 heterocycles. The molecule has 3 nitrogen and oxygen atoms in total. The lowest BCUT2D eigenvalue weighted by Gasteiger charge is -2.02. The molecule has 88 valence electrons. The zero-order valence-electron chi connectivity index (χ0n) is 9.26. The van der Waals surface area contributed by atoms with Crippen LogP contribution in [0.2, 0.25) is 0 Å². The molecule has 0 aliphatic carbocycles. The molecule has 1 aromatic heterocycles. The topological polar surface area (TPSA) is 34.9 Å². The first-order valence-electron chi connectivity index (χ1n) is 5.06. The SMILES string of the molecule is Cn1nccc1C(=O)CSc1ccc(Br)cc1. The Balaban J connectivity index is 1.97. The van der Waals surface area contributed by atoms with Gasteiger partial charge < -0.3 is 0 Å². The van der Waals surface area contributed by atoms with E-state index < -0.39 is 0 Å². The Hall–Kier alpha value is -1.07. The largest absolute Gasteiger partial charge is 0.292 e. The van der Waals surface area contributed by atoms with Crippen LogP contribution >= 0.6 is 27.7 Å². The van der Waals surface area contributed by atoms with Crippen LogP contribution in [0.1, 0.15) is 10.5 Å². The van der Waals surface area contributed by atoms with Crippen molar-refractivity contribution in [2.24, 2.45) is 7.05 Å². The number of Topliss-reactive ketones (excluding diaryl/α,β-unsaturated/α-hetero) is 1. The molecule has 0 unspecified atom stereocenters. The van der Waals surface area contributed by atoms with Crippen molar-refractivity contribution in [1.82, 2.24) is 9.78 Å². The number of hydrogen-bond donors (Lipinski definition) is 0. The van der Waals surface area contributed by atoms with E-state index in [-0.39, 0.29) is 5.78 Å². The number of ketones is 1. The summed E-state index contributed by atoms with van der Waals surface area (Å²) in [4.78, 5) is 13.0. The first kappa shape index (κ1) is 12.4. The molecule has 0 spiro atoms. The third-order valence-corrected chi connectivity index (χ3v) is 3.83. The van der Waals surface area contributed by atoms with Crippen molar-refractivity contribution >= 4 is 33.5 Å². The molecule has 0 N–H and O–H groups in total. The Kier molecular flexibility index (Phi) is 4.02. The molecule has 0 amide bonds. The van der Waals surface area contributed by atoms with Crippen LogP contribution in [0.3, 0.4) is 0 Å². The first-order valence-corrected chi connectivity index (χ1v) is 6.84. The molecule has 0 saturated carbocycles. The van der Waals surface area contributed by atoms with Gasteiger partial charge in [0.2, 0.25) is 0 Å². The van der Waals surface area contributed by atoms with Gasteiger partial charge in [-0.1, -0.05) is 15.9 Å². The Bertz CT molecular complexity index is 522. The minimum absolute atomic E-state index is 0.0953. The van der Waals surface area contributed by atoms with Crippen molar-refractivity contribution in [2.45, 2.75) is 4.90 Å². The summed E-state index contributed by atoms with van der Waals surface area (Å²) in [7, 11) is 1.78. The minimum atomic E-state index is 0.0953. The Labute approximate surface area is 112 Å². The van der Waals surface area contributed by atoms with Crippen molar-refractivity contribution in [1.29, 1.82) is 0 Å². The fourth-order valence-electron chi connectivity index (χ4n) is 1.40. The average Bonchev–Trinajstić information content (AvgIpc) is 2.74. The normalized spacial score (nSPS) is 10.5. The molecule has 0 bridgehead atoms. The summed E-state index contributed by atoms with van der Waals surface area (Å²) in [6.07, 6.45) is 1.64. The van der Waals surface area contributed by atoms with Crippen molar-refractivity contribution in [2.75, 3.05) is 5.75 Å². The van der Waals surface area contributed by atoms with Gasteiger partial charge in [-0.25, -0.2) is 0 Å². The van der Waals surface area contributed by atoms with Gasteiger partial charge in [0.25, 0.3) is 0 Å². The number of carbonyl (C=O) groups is 1. The van der Waals surface area contributed by atoms with Gasteiger partial charge in [0.15, 0.2) is 5.78 Å². The zero-order chi connectivity index (χ0) is 12.3. The molecule has 0 fully saturated rings. The molecule has 1 aromatic carbocycles. The van der Waals surface area contributed by atoms with Crippen LogP contribution in [0, 0.1) is 0 Å². The maximum absolute atomic E-state index is 11.9. The second-order valence-electron chi connectivity index (χ2n) is 3.51. The van der Waals surface area contributed by atoms with Gasteiger partial charge in [-0.15, -0.1) is 11.8 Å². The summed E-state index contributed by atoms with van der Waals surface area (Å²) in [5.41, 5.74) is 0.648. The highest BCUT2D eigenvalue weighted by Gasteiger charge is 2.10. The summed E-state index contributed by atoms with van der Waals surface area (Å²) >= 11 is 4.91. The number of aryl methyl sites for hydroxylation is 1. The van der Waals surface area contributed by atoms with E-state index in [2.05, 4.69) is 21.0 Å². The Morgan fingerprint density at radius 3 is 2.65 bits per heavy atom. The molecule has 17 heavy (non-hydrogen) atoms. The highest BCUT2D eigenvalue weighted by atomic mass is 79.9. The highest BCUT2D eigenvalue weighted by molar-refractivity contribution is 9.10. The van der Waals surface area contributed by atoms with E-state index in [0.717, 1.165) is 9.37 Å². The van der Waals surface area contributed by atoms with Crippen LogP contribution in [0.4, 0.5) is 0 Å². The van der Waals surface area contributed by atoms with Crippen molar-refractivity contribution in [3.05, 3.63) is 46.7 Å². The van der Waals surface area contributed by atoms with Gasteiger partial charge >= 0.3 is 0 Å². The van der Waals surface area contributed by atoms with E-state index in [4.69, 9.17) is 0 Å². The number of thioether (sulfide) groups is 1. The Morgan fingerprint density at radius 1 is 1.35 bits per heavy atom. The molecule has 0 aliphatic rings. The smallest absolute Gasteiger partial charge is 0.191 e. The molecule has 0 radical (unpaired) electrons. The maximum Gasteiger partial charge on any atom is 0.191 e. The van der Waals surface area contributed by atoms with Gasteiger partial charge in [0.1, 0.15) is 5.69 Å². The van der Waals surface area contributed by atoms with Crippen molar-refractivity contribution < 1.29 is 4.79 Å². The van der Waals surface area contributed by atoms with E-state index in [1.165, 1.54) is 11.8 Å². The quantitative estimate of drug-likeness (QED) is 0.642. The molecular formula is C12H11BrN2OS. The number of hydrogen-bond acceptors (Lipinski definition) is 3. The van der Waals surface area contributed by atoms with E-state index in [0.29, 0.717) is 11.4 Å². The summed E-state index contributed by atoms with van der Waals surface area (Å²) in [6.45, 7) is 0. The second kappa shape index (κ2) is 5.51. The molecule has 0 aliphatic heterocycles. The molecule has 0 saturated heterocycles. The summed E-state index contributed by atoms with van der Waals surface area (Å²) in [5.74, 6) is 0.527. The lowest BCUT2D eigenvalue weighted by atomic mass is 10.3. The number of halogens is 1. The number of carbonyl (C=O) groups excluding carboxylic acids is 1. The van der Waals surface area contributed by atoms with E-state index in [1.807, 2.05) is 24.3 Å². The van der Waals surface area contributed by atoms with Crippen molar-refractivity contribution in [3.63, 3.8) is 0 Å². The number of nitrogens with zero attached hydrogens (tertiary/aromatic N) is 2.